The zero-order valence-electron chi connectivity index (χ0n) is 11.6. The summed E-state index contributed by atoms with van der Waals surface area (Å²) >= 11 is 12.0. The van der Waals surface area contributed by atoms with Gasteiger partial charge in [-0.1, -0.05) is 23.2 Å². The van der Waals surface area contributed by atoms with Crippen LogP contribution in [0, 0.1) is 0 Å². The van der Waals surface area contributed by atoms with E-state index in [1.165, 1.54) is 7.11 Å². The molecule has 0 spiro atoms. The smallest absolute Gasteiger partial charge is 0.345 e. The summed E-state index contributed by atoms with van der Waals surface area (Å²) in [6.45, 7) is 0.240. The SMILES string of the molecule is COC(=O)C1(c2cc(Oc3ccc(Cl)cc3)ccc2Cl)CO1. The van der Waals surface area contributed by atoms with Gasteiger partial charge in [0.2, 0.25) is 5.60 Å². The highest BCUT2D eigenvalue weighted by molar-refractivity contribution is 6.32. The minimum absolute atomic E-state index is 0.240. The molecule has 0 amide bonds. The van der Waals surface area contributed by atoms with E-state index in [1.54, 1.807) is 42.5 Å². The van der Waals surface area contributed by atoms with E-state index in [2.05, 4.69) is 0 Å². The van der Waals surface area contributed by atoms with Crippen LogP contribution in [0.2, 0.25) is 10.0 Å². The Morgan fingerprint density at radius 1 is 1.14 bits per heavy atom. The second-order valence-electron chi connectivity index (χ2n) is 4.80. The van der Waals surface area contributed by atoms with E-state index in [-0.39, 0.29) is 6.61 Å². The molecule has 1 aliphatic heterocycles. The highest BCUT2D eigenvalue weighted by Crippen LogP contribution is 2.44. The van der Waals surface area contributed by atoms with Gasteiger partial charge in [-0.15, -0.1) is 0 Å². The maximum absolute atomic E-state index is 11.9. The fourth-order valence-corrected chi connectivity index (χ4v) is 2.53. The van der Waals surface area contributed by atoms with Gasteiger partial charge in [0.15, 0.2) is 0 Å². The van der Waals surface area contributed by atoms with Crippen molar-refractivity contribution >= 4 is 29.2 Å². The Bertz CT molecular complexity index is 709. The summed E-state index contributed by atoms with van der Waals surface area (Å²) in [6, 6.07) is 12.0. The topological polar surface area (TPSA) is 48.1 Å². The van der Waals surface area contributed by atoms with Crippen LogP contribution in [0.15, 0.2) is 42.5 Å². The molecule has 0 aromatic heterocycles. The van der Waals surface area contributed by atoms with E-state index in [4.69, 9.17) is 37.4 Å². The molecular weight excluding hydrogens is 327 g/mol. The van der Waals surface area contributed by atoms with Gasteiger partial charge in [0.25, 0.3) is 0 Å². The molecule has 0 aliphatic carbocycles. The van der Waals surface area contributed by atoms with Crippen molar-refractivity contribution in [3.8, 4) is 11.5 Å². The second-order valence-corrected chi connectivity index (χ2v) is 5.65. The van der Waals surface area contributed by atoms with Crippen LogP contribution in [0.5, 0.6) is 11.5 Å². The maximum atomic E-state index is 11.9. The number of rotatable bonds is 4. The fourth-order valence-electron chi connectivity index (χ4n) is 2.14. The molecule has 6 heteroatoms. The van der Waals surface area contributed by atoms with Gasteiger partial charge < -0.3 is 14.2 Å². The Morgan fingerprint density at radius 3 is 2.36 bits per heavy atom. The monoisotopic (exact) mass is 338 g/mol. The molecule has 0 N–H and O–H groups in total. The quantitative estimate of drug-likeness (QED) is 0.619. The minimum atomic E-state index is -1.12. The number of methoxy groups -OCH3 is 1. The number of carbonyl (C=O) groups is 1. The molecule has 4 nitrogen and oxygen atoms in total. The Morgan fingerprint density at radius 2 is 1.77 bits per heavy atom. The third kappa shape index (κ3) is 2.77. The first kappa shape index (κ1) is 15.2. The summed E-state index contributed by atoms with van der Waals surface area (Å²) in [5.41, 5.74) is -0.585. The van der Waals surface area contributed by atoms with E-state index in [9.17, 15) is 4.79 Å². The molecule has 0 radical (unpaired) electrons. The summed E-state index contributed by atoms with van der Waals surface area (Å²) < 4.78 is 15.8. The highest BCUT2D eigenvalue weighted by atomic mass is 35.5. The first-order valence-electron chi connectivity index (χ1n) is 6.51. The van der Waals surface area contributed by atoms with Crippen LogP contribution < -0.4 is 4.74 Å². The average molecular weight is 339 g/mol. The van der Waals surface area contributed by atoms with Crippen molar-refractivity contribution < 1.29 is 19.0 Å². The summed E-state index contributed by atoms with van der Waals surface area (Å²) in [5.74, 6) is 0.694. The van der Waals surface area contributed by atoms with Crippen LogP contribution in [-0.2, 0) is 19.9 Å². The van der Waals surface area contributed by atoms with Crippen LogP contribution in [0.1, 0.15) is 5.56 Å². The summed E-state index contributed by atoms with van der Waals surface area (Å²) in [4.78, 5) is 11.9. The second kappa shape index (κ2) is 5.80. The van der Waals surface area contributed by atoms with E-state index in [1.807, 2.05) is 0 Å². The summed E-state index contributed by atoms with van der Waals surface area (Å²) in [7, 11) is 1.31. The van der Waals surface area contributed by atoms with Crippen molar-refractivity contribution in [2.24, 2.45) is 0 Å². The van der Waals surface area contributed by atoms with Crippen molar-refractivity contribution in [1.29, 1.82) is 0 Å². The minimum Gasteiger partial charge on any atom is -0.467 e. The zero-order valence-corrected chi connectivity index (χ0v) is 13.1. The summed E-state index contributed by atoms with van der Waals surface area (Å²) in [6.07, 6.45) is 0. The predicted molar refractivity (Wildman–Crippen MR) is 82.6 cm³/mol. The molecule has 1 heterocycles. The third-order valence-electron chi connectivity index (χ3n) is 3.37. The van der Waals surface area contributed by atoms with Gasteiger partial charge in [-0.05, 0) is 42.5 Å². The maximum Gasteiger partial charge on any atom is 0.345 e. The number of ether oxygens (including phenoxy) is 3. The molecule has 1 aliphatic rings. The van der Waals surface area contributed by atoms with E-state index in [0.29, 0.717) is 27.1 Å². The number of epoxide rings is 1. The van der Waals surface area contributed by atoms with Crippen molar-refractivity contribution in [1.82, 2.24) is 0 Å². The molecule has 0 bridgehead atoms. The van der Waals surface area contributed by atoms with Gasteiger partial charge in [0.1, 0.15) is 11.5 Å². The lowest BCUT2D eigenvalue weighted by atomic mass is 10.00. The molecule has 3 rings (SSSR count). The number of hydrogen-bond acceptors (Lipinski definition) is 4. The standard InChI is InChI=1S/C16H12Cl2O4/c1-20-15(19)16(9-21-16)13-8-12(6-7-14(13)18)22-11-4-2-10(17)3-5-11/h2-8H,9H2,1H3. The highest BCUT2D eigenvalue weighted by Gasteiger charge is 2.56. The van der Waals surface area contributed by atoms with Gasteiger partial charge in [0.05, 0.1) is 13.7 Å². The Kier molecular flexibility index (Phi) is 4.00. The predicted octanol–water partition coefficient (Wildman–Crippen LogP) is 4.18. The lowest BCUT2D eigenvalue weighted by molar-refractivity contribution is -0.147. The largest absolute Gasteiger partial charge is 0.467 e. The van der Waals surface area contributed by atoms with E-state index in [0.717, 1.165) is 0 Å². The van der Waals surface area contributed by atoms with Gasteiger partial charge in [-0.25, -0.2) is 4.79 Å². The van der Waals surface area contributed by atoms with Crippen molar-refractivity contribution in [3.63, 3.8) is 0 Å². The normalized spacial score (nSPS) is 19.6. The van der Waals surface area contributed by atoms with Crippen LogP contribution in [0.25, 0.3) is 0 Å². The van der Waals surface area contributed by atoms with Crippen molar-refractivity contribution in [2.75, 3.05) is 13.7 Å². The third-order valence-corrected chi connectivity index (χ3v) is 3.95. The molecule has 22 heavy (non-hydrogen) atoms. The van der Waals surface area contributed by atoms with Crippen molar-refractivity contribution in [2.45, 2.75) is 5.60 Å². The van der Waals surface area contributed by atoms with Crippen molar-refractivity contribution in [3.05, 3.63) is 58.1 Å². The molecule has 1 saturated heterocycles. The number of benzene rings is 2. The number of esters is 1. The molecule has 114 valence electrons. The zero-order chi connectivity index (χ0) is 15.7. The summed E-state index contributed by atoms with van der Waals surface area (Å²) in [5, 5.41) is 1.05. The molecule has 1 fully saturated rings. The fraction of sp³-hybridized carbons (Fsp3) is 0.188. The number of hydrogen-bond donors (Lipinski definition) is 0. The Hall–Kier alpha value is -1.75. The van der Waals surface area contributed by atoms with Gasteiger partial charge in [-0.3, -0.25) is 0 Å². The van der Waals surface area contributed by atoms with Gasteiger partial charge in [0, 0.05) is 15.6 Å². The number of carbonyl (C=O) groups excluding carboxylic acids is 1. The van der Waals surface area contributed by atoms with Crippen LogP contribution >= 0.6 is 23.2 Å². The molecule has 2 aromatic carbocycles. The molecular formula is C16H12Cl2O4. The average Bonchev–Trinajstić information content (AvgIpc) is 3.32. The number of halogens is 2. The van der Waals surface area contributed by atoms with Gasteiger partial charge >= 0.3 is 5.97 Å². The van der Waals surface area contributed by atoms with Crippen LogP contribution in [-0.4, -0.2) is 19.7 Å². The molecule has 0 saturated carbocycles. The Balaban J connectivity index is 1.90. The Labute approximate surface area is 137 Å². The lowest BCUT2D eigenvalue weighted by Gasteiger charge is -2.14. The molecule has 2 aromatic rings. The lowest BCUT2D eigenvalue weighted by Crippen LogP contribution is -2.24. The van der Waals surface area contributed by atoms with Gasteiger partial charge in [-0.2, -0.15) is 0 Å². The van der Waals surface area contributed by atoms with E-state index >= 15 is 0 Å². The first-order valence-corrected chi connectivity index (χ1v) is 7.26. The van der Waals surface area contributed by atoms with Crippen LogP contribution in [0.3, 0.4) is 0 Å². The van der Waals surface area contributed by atoms with E-state index < -0.39 is 11.6 Å². The molecule has 1 unspecified atom stereocenters. The molecule has 1 atom stereocenters. The van der Waals surface area contributed by atoms with Crippen LogP contribution in [0.4, 0.5) is 0 Å². The first-order chi connectivity index (χ1) is 10.5.